The maximum atomic E-state index is 12.5. The maximum absolute atomic E-state index is 12.5. The van der Waals surface area contributed by atoms with Crippen LogP contribution in [0.4, 0.5) is 0 Å². The van der Waals surface area contributed by atoms with Crippen molar-refractivity contribution in [2.24, 2.45) is 0 Å². The summed E-state index contributed by atoms with van der Waals surface area (Å²) < 4.78 is 0. The van der Waals surface area contributed by atoms with Crippen molar-refractivity contribution in [2.75, 3.05) is 6.61 Å². The summed E-state index contributed by atoms with van der Waals surface area (Å²) in [6.45, 7) is 4.02. The van der Waals surface area contributed by atoms with Crippen molar-refractivity contribution >= 4 is 5.91 Å². The molecule has 0 aliphatic rings. The first-order valence-electron chi connectivity index (χ1n) is 24.0. The highest BCUT2D eigenvalue weighted by atomic mass is 16.3. The Kier molecular flexibility index (Phi) is 43.0. The van der Waals surface area contributed by atoms with Crippen LogP contribution in [0.3, 0.4) is 0 Å². The minimum atomic E-state index is -1.29. The first-order chi connectivity index (χ1) is 27.5. The van der Waals surface area contributed by atoms with Crippen LogP contribution in [0.25, 0.3) is 0 Å². The van der Waals surface area contributed by atoms with Gasteiger partial charge in [0.2, 0.25) is 5.91 Å². The van der Waals surface area contributed by atoms with Crippen molar-refractivity contribution in [3.63, 3.8) is 0 Å². The molecule has 4 atom stereocenters. The second kappa shape index (κ2) is 44.4. The number of hydrogen-bond donors (Lipinski definition) is 5. The zero-order chi connectivity index (χ0) is 41.0. The number of unbranched alkanes of at least 4 members (excludes halogenated alkanes) is 26. The number of nitrogens with one attached hydrogen (secondary N) is 1. The van der Waals surface area contributed by atoms with Gasteiger partial charge in [0.1, 0.15) is 12.2 Å². The van der Waals surface area contributed by atoms with Crippen LogP contribution < -0.4 is 5.32 Å². The Bertz CT molecular complexity index is 930. The van der Waals surface area contributed by atoms with Gasteiger partial charge in [0.05, 0.1) is 18.8 Å². The van der Waals surface area contributed by atoms with E-state index in [0.29, 0.717) is 19.3 Å². The summed E-state index contributed by atoms with van der Waals surface area (Å²) in [6, 6.07) is -1.01. The lowest BCUT2D eigenvalue weighted by Gasteiger charge is -2.27. The quantitative estimate of drug-likeness (QED) is 0.0312. The van der Waals surface area contributed by atoms with Gasteiger partial charge in [0.25, 0.3) is 0 Å². The van der Waals surface area contributed by atoms with Gasteiger partial charge in [-0.2, -0.15) is 0 Å². The molecule has 0 aromatic carbocycles. The second-order valence-electron chi connectivity index (χ2n) is 16.4. The number of amides is 1. The predicted octanol–water partition coefficient (Wildman–Crippen LogP) is 13.1. The number of rotatable bonds is 43. The lowest BCUT2D eigenvalue weighted by Crippen LogP contribution is -2.53. The van der Waals surface area contributed by atoms with E-state index in [4.69, 9.17) is 0 Å². The molecule has 0 radical (unpaired) electrons. The van der Waals surface area contributed by atoms with Gasteiger partial charge in [0, 0.05) is 0 Å². The van der Waals surface area contributed by atoms with E-state index in [-0.39, 0.29) is 0 Å². The van der Waals surface area contributed by atoms with Gasteiger partial charge in [-0.15, -0.1) is 0 Å². The van der Waals surface area contributed by atoms with Gasteiger partial charge < -0.3 is 25.7 Å². The minimum Gasteiger partial charge on any atom is -0.394 e. The molecule has 0 heterocycles. The highest BCUT2D eigenvalue weighted by Gasteiger charge is 2.28. The van der Waals surface area contributed by atoms with Crippen LogP contribution in [0.5, 0.6) is 0 Å². The highest BCUT2D eigenvalue weighted by Crippen LogP contribution is 2.15. The van der Waals surface area contributed by atoms with Crippen LogP contribution in [-0.4, -0.2) is 57.3 Å². The zero-order valence-electron chi connectivity index (χ0n) is 36.9. The Morgan fingerprint density at radius 3 is 1.23 bits per heavy atom. The molecule has 6 nitrogen and oxygen atoms in total. The first-order valence-corrected chi connectivity index (χ1v) is 24.0. The smallest absolute Gasteiger partial charge is 0.249 e. The van der Waals surface area contributed by atoms with Crippen molar-refractivity contribution in [1.29, 1.82) is 0 Å². The molecule has 0 aromatic heterocycles. The summed E-state index contributed by atoms with van der Waals surface area (Å²) in [5, 5.41) is 43.7. The zero-order valence-corrected chi connectivity index (χ0v) is 36.9. The number of carbonyl (C=O) groups excluding carboxylic acids is 1. The first kappa shape index (κ1) is 54.3. The van der Waals surface area contributed by atoms with Crippen molar-refractivity contribution in [2.45, 2.75) is 257 Å². The van der Waals surface area contributed by atoms with Crippen molar-refractivity contribution in [3.05, 3.63) is 48.6 Å². The van der Waals surface area contributed by atoms with Gasteiger partial charge in [0.15, 0.2) is 0 Å². The average Bonchev–Trinajstić information content (AvgIpc) is 3.20. The highest BCUT2D eigenvalue weighted by molar-refractivity contribution is 5.80. The summed E-state index contributed by atoms with van der Waals surface area (Å²) in [7, 11) is 0. The molecule has 0 rings (SSSR count). The van der Waals surface area contributed by atoms with E-state index < -0.39 is 36.9 Å². The number of hydrogen-bond acceptors (Lipinski definition) is 5. The molecule has 6 heteroatoms. The number of aliphatic hydroxyl groups excluding tert-OH is 4. The van der Waals surface area contributed by atoms with Crippen LogP contribution in [-0.2, 0) is 4.79 Å². The van der Waals surface area contributed by atoms with E-state index in [1.807, 2.05) is 0 Å². The average molecular weight is 788 g/mol. The van der Waals surface area contributed by atoms with E-state index in [1.165, 1.54) is 154 Å². The van der Waals surface area contributed by atoms with E-state index in [1.54, 1.807) is 0 Å². The monoisotopic (exact) mass is 788 g/mol. The number of carbonyl (C=O) groups is 1. The topological polar surface area (TPSA) is 110 Å². The molecule has 328 valence electrons. The molecule has 5 N–H and O–H groups in total. The summed E-state index contributed by atoms with van der Waals surface area (Å²) in [5.41, 5.74) is 0. The lowest BCUT2D eigenvalue weighted by molar-refractivity contribution is -0.132. The molecular formula is C50H93NO5. The van der Waals surface area contributed by atoms with Gasteiger partial charge in [-0.05, 0) is 83.5 Å². The van der Waals surface area contributed by atoms with Gasteiger partial charge in [-0.1, -0.05) is 197 Å². The predicted molar refractivity (Wildman–Crippen MR) is 242 cm³/mol. The molecule has 0 fully saturated rings. The molecule has 0 bridgehead atoms. The van der Waals surface area contributed by atoms with Gasteiger partial charge >= 0.3 is 0 Å². The molecule has 0 saturated heterocycles. The number of allylic oxidation sites excluding steroid dienone is 8. The fraction of sp³-hybridized carbons (Fsp3) is 0.820. The maximum Gasteiger partial charge on any atom is 0.249 e. The molecule has 0 spiro atoms. The molecule has 56 heavy (non-hydrogen) atoms. The summed E-state index contributed by atoms with van der Waals surface area (Å²) >= 11 is 0. The Morgan fingerprint density at radius 1 is 0.446 bits per heavy atom. The van der Waals surface area contributed by atoms with Crippen LogP contribution >= 0.6 is 0 Å². The third-order valence-electron chi connectivity index (χ3n) is 11.0. The van der Waals surface area contributed by atoms with Crippen LogP contribution in [0.2, 0.25) is 0 Å². The second-order valence-corrected chi connectivity index (χ2v) is 16.4. The lowest BCUT2D eigenvalue weighted by atomic mass is 10.00. The fourth-order valence-electron chi connectivity index (χ4n) is 7.16. The van der Waals surface area contributed by atoms with Crippen molar-refractivity contribution in [1.82, 2.24) is 5.32 Å². The summed E-state index contributed by atoms with van der Waals surface area (Å²) in [5.74, 6) is -0.601. The molecular weight excluding hydrogens is 695 g/mol. The third kappa shape index (κ3) is 37.8. The minimum absolute atomic E-state index is 0.355. The van der Waals surface area contributed by atoms with Crippen LogP contribution in [0, 0.1) is 0 Å². The fourth-order valence-corrected chi connectivity index (χ4v) is 7.16. The normalized spacial score (nSPS) is 14.5. The SMILES string of the molecule is CCCCCCC/C=C/CC/C=C/CCCC(O)C(O)C(CO)NC(=O)C(O)CCCCCCCCCCCC/C=C\C/C=C\CCCCCCCCCCC. The Hall–Kier alpha value is -1.73. The van der Waals surface area contributed by atoms with E-state index in [0.717, 1.165) is 44.9 Å². The van der Waals surface area contributed by atoms with E-state index >= 15 is 0 Å². The van der Waals surface area contributed by atoms with Gasteiger partial charge in [-0.3, -0.25) is 4.79 Å². The standard InChI is InChI=1S/C50H93NO5/c1-3-5-7-9-11-13-15-17-19-20-21-22-23-24-25-26-27-28-29-30-32-34-36-38-40-42-44-48(54)50(56)51-46(45-52)49(55)47(53)43-41-39-37-35-33-31-18-16-14-12-10-8-6-4-2/h16,18,21-22,24-25,35,37,46-49,52-55H,3-15,17,19-20,23,26-34,36,38-45H2,1-2H3,(H,51,56)/b18-16+,22-21-,25-24-,37-35+. The van der Waals surface area contributed by atoms with E-state index in [9.17, 15) is 25.2 Å². The third-order valence-corrected chi connectivity index (χ3v) is 11.0. The van der Waals surface area contributed by atoms with Crippen molar-refractivity contribution in [3.8, 4) is 0 Å². The molecule has 0 saturated carbocycles. The van der Waals surface area contributed by atoms with Gasteiger partial charge in [-0.25, -0.2) is 0 Å². The Morgan fingerprint density at radius 2 is 0.804 bits per heavy atom. The molecule has 0 aliphatic heterocycles. The molecule has 0 aromatic rings. The van der Waals surface area contributed by atoms with Crippen LogP contribution in [0.1, 0.15) is 232 Å². The Labute approximate surface area is 347 Å². The molecule has 1 amide bonds. The molecule has 4 unspecified atom stereocenters. The van der Waals surface area contributed by atoms with Crippen LogP contribution in [0.15, 0.2) is 48.6 Å². The number of aliphatic hydroxyl groups is 4. The van der Waals surface area contributed by atoms with Crippen molar-refractivity contribution < 1.29 is 25.2 Å². The van der Waals surface area contributed by atoms with E-state index in [2.05, 4.69) is 67.8 Å². The summed E-state index contributed by atoms with van der Waals surface area (Å²) in [4.78, 5) is 12.5. The molecule has 0 aliphatic carbocycles. The summed E-state index contributed by atoms with van der Waals surface area (Å²) in [6.07, 6.45) is 54.4. The largest absolute Gasteiger partial charge is 0.394 e. The Balaban J connectivity index is 3.73.